The van der Waals surface area contributed by atoms with Crippen molar-refractivity contribution >= 4 is 5.91 Å². The molecule has 1 atom stereocenters. The summed E-state index contributed by atoms with van der Waals surface area (Å²) < 4.78 is 5.53. The van der Waals surface area contributed by atoms with E-state index < -0.39 is 0 Å². The molecule has 1 aliphatic rings. The minimum absolute atomic E-state index is 0.0736. The number of likely N-dealkylation sites (tertiary alicyclic amines) is 1. The Labute approximate surface area is 114 Å². The molecule has 4 nitrogen and oxygen atoms in total. The molecule has 1 N–H and O–H groups in total. The number of amides is 1. The SMILES string of the molecule is CCN[C@@H]1CCN(C(=O)c2ccccc2OCC)C1. The molecule has 0 saturated carbocycles. The van der Waals surface area contributed by atoms with E-state index in [0.717, 1.165) is 26.1 Å². The molecule has 4 heteroatoms. The van der Waals surface area contributed by atoms with E-state index in [4.69, 9.17) is 4.74 Å². The van der Waals surface area contributed by atoms with Crippen molar-refractivity contribution in [3.05, 3.63) is 29.8 Å². The monoisotopic (exact) mass is 262 g/mol. The van der Waals surface area contributed by atoms with Crippen molar-refractivity contribution in [2.75, 3.05) is 26.2 Å². The molecule has 1 fully saturated rings. The molecule has 1 saturated heterocycles. The van der Waals surface area contributed by atoms with Gasteiger partial charge >= 0.3 is 0 Å². The maximum Gasteiger partial charge on any atom is 0.257 e. The number of rotatable bonds is 5. The van der Waals surface area contributed by atoms with Crippen molar-refractivity contribution in [3.8, 4) is 5.75 Å². The van der Waals surface area contributed by atoms with Crippen LogP contribution in [0.1, 0.15) is 30.6 Å². The number of carbonyl (C=O) groups is 1. The van der Waals surface area contributed by atoms with E-state index >= 15 is 0 Å². The van der Waals surface area contributed by atoms with Gasteiger partial charge in [-0.05, 0) is 32.0 Å². The lowest BCUT2D eigenvalue weighted by atomic mass is 10.2. The first-order valence-corrected chi connectivity index (χ1v) is 7.00. The van der Waals surface area contributed by atoms with Gasteiger partial charge in [-0.15, -0.1) is 0 Å². The zero-order valence-corrected chi connectivity index (χ0v) is 11.7. The number of hydrogen-bond acceptors (Lipinski definition) is 3. The summed E-state index contributed by atoms with van der Waals surface area (Å²) in [6.07, 6.45) is 1.02. The molecule has 2 rings (SSSR count). The summed E-state index contributed by atoms with van der Waals surface area (Å²) in [5.41, 5.74) is 0.668. The van der Waals surface area contributed by atoms with Gasteiger partial charge in [-0.25, -0.2) is 0 Å². The second kappa shape index (κ2) is 6.57. The lowest BCUT2D eigenvalue weighted by molar-refractivity contribution is 0.0785. The van der Waals surface area contributed by atoms with E-state index in [1.807, 2.05) is 36.1 Å². The van der Waals surface area contributed by atoms with E-state index in [1.54, 1.807) is 0 Å². The van der Waals surface area contributed by atoms with Crippen LogP contribution in [0.5, 0.6) is 5.75 Å². The molecule has 0 bridgehead atoms. The molecule has 1 heterocycles. The molecule has 104 valence electrons. The first-order chi connectivity index (χ1) is 9.26. The molecule has 1 aromatic rings. The average Bonchev–Trinajstić information content (AvgIpc) is 2.88. The van der Waals surface area contributed by atoms with Gasteiger partial charge in [0.1, 0.15) is 5.75 Å². The van der Waals surface area contributed by atoms with Gasteiger partial charge in [0.15, 0.2) is 0 Å². The van der Waals surface area contributed by atoms with Crippen LogP contribution in [0, 0.1) is 0 Å². The van der Waals surface area contributed by atoms with Gasteiger partial charge in [-0.1, -0.05) is 19.1 Å². The molecule has 0 radical (unpaired) electrons. The fraction of sp³-hybridized carbons (Fsp3) is 0.533. The van der Waals surface area contributed by atoms with E-state index in [1.165, 1.54) is 0 Å². The van der Waals surface area contributed by atoms with Crippen molar-refractivity contribution in [1.29, 1.82) is 0 Å². The molecule has 19 heavy (non-hydrogen) atoms. The number of nitrogens with zero attached hydrogens (tertiary/aromatic N) is 1. The summed E-state index contributed by atoms with van der Waals surface area (Å²) in [5.74, 6) is 0.756. The number of likely N-dealkylation sites (N-methyl/N-ethyl adjacent to an activating group) is 1. The largest absolute Gasteiger partial charge is 0.493 e. The van der Waals surface area contributed by atoms with E-state index in [-0.39, 0.29) is 5.91 Å². The second-order valence-corrected chi connectivity index (χ2v) is 4.72. The Morgan fingerprint density at radius 1 is 1.42 bits per heavy atom. The highest BCUT2D eigenvalue weighted by molar-refractivity contribution is 5.97. The Morgan fingerprint density at radius 2 is 2.21 bits per heavy atom. The fourth-order valence-electron chi connectivity index (χ4n) is 2.50. The standard InChI is InChI=1S/C15H22N2O2/c1-3-16-12-9-10-17(11-12)15(18)13-7-5-6-8-14(13)19-4-2/h5-8,12,16H,3-4,9-11H2,1-2H3/t12-/m1/s1. The van der Waals surface area contributed by atoms with Gasteiger partial charge in [0.05, 0.1) is 12.2 Å². The molecule has 0 aliphatic carbocycles. The maximum absolute atomic E-state index is 12.5. The highest BCUT2D eigenvalue weighted by atomic mass is 16.5. The van der Waals surface area contributed by atoms with Crippen LogP contribution in [0.3, 0.4) is 0 Å². The Balaban J connectivity index is 2.08. The number of benzene rings is 1. The van der Waals surface area contributed by atoms with Crippen LogP contribution in [0.4, 0.5) is 0 Å². The Morgan fingerprint density at radius 3 is 2.95 bits per heavy atom. The average molecular weight is 262 g/mol. The summed E-state index contributed by atoms with van der Waals surface area (Å²) >= 11 is 0. The van der Waals surface area contributed by atoms with Crippen LogP contribution in [0.25, 0.3) is 0 Å². The quantitative estimate of drug-likeness (QED) is 0.881. The van der Waals surface area contributed by atoms with E-state index in [2.05, 4.69) is 12.2 Å². The maximum atomic E-state index is 12.5. The summed E-state index contributed by atoms with van der Waals surface area (Å²) in [7, 11) is 0. The first-order valence-electron chi connectivity index (χ1n) is 7.00. The summed E-state index contributed by atoms with van der Waals surface area (Å²) in [4.78, 5) is 14.4. The highest BCUT2D eigenvalue weighted by Crippen LogP contribution is 2.22. The fourth-order valence-corrected chi connectivity index (χ4v) is 2.50. The topological polar surface area (TPSA) is 41.6 Å². The van der Waals surface area contributed by atoms with Gasteiger partial charge in [0.25, 0.3) is 5.91 Å². The lowest BCUT2D eigenvalue weighted by Crippen LogP contribution is -2.35. The normalized spacial score (nSPS) is 18.6. The number of para-hydroxylation sites is 1. The van der Waals surface area contributed by atoms with Crippen LogP contribution in [0.15, 0.2) is 24.3 Å². The van der Waals surface area contributed by atoms with Gasteiger partial charge in [0.2, 0.25) is 0 Å². The second-order valence-electron chi connectivity index (χ2n) is 4.72. The zero-order chi connectivity index (χ0) is 13.7. The summed E-state index contributed by atoms with van der Waals surface area (Å²) in [6, 6.07) is 7.90. The van der Waals surface area contributed by atoms with Crippen LogP contribution < -0.4 is 10.1 Å². The number of nitrogens with one attached hydrogen (secondary N) is 1. The minimum Gasteiger partial charge on any atom is -0.493 e. The van der Waals surface area contributed by atoms with Gasteiger partial charge in [-0.3, -0.25) is 4.79 Å². The third kappa shape index (κ3) is 3.26. The molecule has 1 amide bonds. The number of ether oxygens (including phenoxy) is 1. The third-order valence-electron chi connectivity index (χ3n) is 3.39. The van der Waals surface area contributed by atoms with Gasteiger partial charge < -0.3 is 15.0 Å². The lowest BCUT2D eigenvalue weighted by Gasteiger charge is -2.18. The van der Waals surface area contributed by atoms with Crippen LogP contribution >= 0.6 is 0 Å². The van der Waals surface area contributed by atoms with E-state index in [0.29, 0.717) is 24.0 Å². The molecule has 0 aromatic heterocycles. The summed E-state index contributed by atoms with van der Waals surface area (Å²) in [5, 5.41) is 3.40. The van der Waals surface area contributed by atoms with Gasteiger partial charge in [-0.2, -0.15) is 0 Å². The third-order valence-corrected chi connectivity index (χ3v) is 3.39. The van der Waals surface area contributed by atoms with Gasteiger partial charge in [0, 0.05) is 19.1 Å². The zero-order valence-electron chi connectivity index (χ0n) is 11.7. The minimum atomic E-state index is 0.0736. The smallest absolute Gasteiger partial charge is 0.257 e. The van der Waals surface area contributed by atoms with Crippen LogP contribution in [-0.4, -0.2) is 43.1 Å². The molecule has 1 aromatic carbocycles. The molecule has 0 unspecified atom stereocenters. The molecular formula is C15H22N2O2. The number of carbonyl (C=O) groups excluding carboxylic acids is 1. The predicted octanol–water partition coefficient (Wildman–Crippen LogP) is 1.91. The Bertz CT molecular complexity index is 434. The van der Waals surface area contributed by atoms with Crippen molar-refractivity contribution in [2.24, 2.45) is 0 Å². The first kappa shape index (κ1) is 13.9. The summed E-state index contributed by atoms with van der Waals surface area (Å²) in [6.45, 7) is 7.14. The van der Waals surface area contributed by atoms with E-state index in [9.17, 15) is 4.79 Å². The highest BCUT2D eigenvalue weighted by Gasteiger charge is 2.27. The van der Waals surface area contributed by atoms with Crippen LogP contribution in [0.2, 0.25) is 0 Å². The Kier molecular flexibility index (Phi) is 4.80. The Hall–Kier alpha value is -1.55. The van der Waals surface area contributed by atoms with Crippen molar-refractivity contribution in [2.45, 2.75) is 26.3 Å². The number of hydrogen-bond donors (Lipinski definition) is 1. The van der Waals surface area contributed by atoms with Crippen molar-refractivity contribution in [1.82, 2.24) is 10.2 Å². The van der Waals surface area contributed by atoms with Crippen LogP contribution in [-0.2, 0) is 0 Å². The molecule has 1 aliphatic heterocycles. The molecule has 0 spiro atoms. The molecular weight excluding hydrogens is 240 g/mol. The predicted molar refractivity (Wildman–Crippen MR) is 75.6 cm³/mol. The van der Waals surface area contributed by atoms with Crippen molar-refractivity contribution in [3.63, 3.8) is 0 Å². The van der Waals surface area contributed by atoms with Crippen molar-refractivity contribution < 1.29 is 9.53 Å².